The number of hydroxylamine groups is 1. The van der Waals surface area contributed by atoms with Crippen LogP contribution in [-0.2, 0) is 11.3 Å². The van der Waals surface area contributed by atoms with Crippen molar-refractivity contribution in [2.75, 3.05) is 13.1 Å². The number of halogens is 1. The van der Waals surface area contributed by atoms with Crippen molar-refractivity contribution >= 4 is 28.5 Å². The highest BCUT2D eigenvalue weighted by atomic mass is 35.5. The second-order valence-corrected chi connectivity index (χ2v) is 6.50. The Morgan fingerprint density at radius 2 is 2.08 bits per heavy atom. The number of nitrogens with one attached hydrogen (secondary N) is 3. The van der Waals surface area contributed by atoms with Crippen LogP contribution in [0, 0.1) is 0 Å². The molecular formula is C19H18ClN3O2. The van der Waals surface area contributed by atoms with Gasteiger partial charge in [0.05, 0.1) is 18.2 Å². The van der Waals surface area contributed by atoms with Crippen molar-refractivity contribution in [1.82, 2.24) is 15.8 Å². The van der Waals surface area contributed by atoms with Crippen LogP contribution in [-0.4, -0.2) is 24.0 Å². The highest BCUT2D eigenvalue weighted by molar-refractivity contribution is 6.31. The van der Waals surface area contributed by atoms with E-state index in [1.807, 2.05) is 24.3 Å². The molecule has 3 N–H and O–H groups in total. The molecule has 0 saturated carbocycles. The van der Waals surface area contributed by atoms with Gasteiger partial charge in [0.2, 0.25) is 0 Å². The lowest BCUT2D eigenvalue weighted by molar-refractivity contribution is 0.0232. The molecule has 1 unspecified atom stereocenters. The van der Waals surface area contributed by atoms with Crippen molar-refractivity contribution in [3.05, 3.63) is 70.4 Å². The summed E-state index contributed by atoms with van der Waals surface area (Å²) in [4.78, 5) is 20.6. The summed E-state index contributed by atoms with van der Waals surface area (Å²) >= 11 is 6.13. The van der Waals surface area contributed by atoms with Crippen LogP contribution < -0.4 is 10.8 Å². The molecule has 1 aliphatic heterocycles. The van der Waals surface area contributed by atoms with Crippen molar-refractivity contribution in [2.45, 2.75) is 12.5 Å². The molecule has 2 aromatic carbocycles. The second-order valence-electron chi connectivity index (χ2n) is 6.07. The molecule has 0 radical (unpaired) electrons. The third-order valence-electron chi connectivity index (χ3n) is 4.48. The van der Waals surface area contributed by atoms with E-state index in [2.05, 4.69) is 15.8 Å². The normalized spacial score (nSPS) is 16.6. The van der Waals surface area contributed by atoms with E-state index >= 15 is 0 Å². The Labute approximate surface area is 150 Å². The Morgan fingerprint density at radius 1 is 1.24 bits per heavy atom. The Balaban J connectivity index is 1.46. The van der Waals surface area contributed by atoms with E-state index < -0.39 is 0 Å². The predicted octanol–water partition coefficient (Wildman–Crippen LogP) is 3.37. The van der Waals surface area contributed by atoms with Crippen LogP contribution >= 0.6 is 11.6 Å². The standard InChI is InChI=1S/C19H18ClN3O2/c20-13-6-7-16-15(10-13)14-8-9-21-17(18(14)23-16)11-22-25-19(24)12-4-2-1-3-5-12/h1-7,10,17,21-23H,8-9,11H2. The molecule has 1 aliphatic rings. The molecule has 0 fully saturated rings. The zero-order valence-corrected chi connectivity index (χ0v) is 14.3. The quantitative estimate of drug-likeness (QED) is 0.628. The first-order valence-corrected chi connectivity index (χ1v) is 8.62. The summed E-state index contributed by atoms with van der Waals surface area (Å²) in [6.45, 7) is 1.34. The molecule has 5 nitrogen and oxygen atoms in total. The van der Waals surface area contributed by atoms with Crippen LogP contribution in [0.1, 0.15) is 27.7 Å². The fourth-order valence-corrected chi connectivity index (χ4v) is 3.45. The number of aromatic amines is 1. The van der Waals surface area contributed by atoms with Gasteiger partial charge in [-0.1, -0.05) is 29.8 Å². The van der Waals surface area contributed by atoms with Gasteiger partial charge in [0.15, 0.2) is 0 Å². The van der Waals surface area contributed by atoms with Gasteiger partial charge in [-0.15, -0.1) is 0 Å². The summed E-state index contributed by atoms with van der Waals surface area (Å²) in [6.07, 6.45) is 0.940. The topological polar surface area (TPSA) is 66.2 Å². The number of aromatic nitrogens is 1. The Kier molecular flexibility index (Phi) is 4.44. The number of rotatable bonds is 4. The molecule has 3 aromatic rings. The van der Waals surface area contributed by atoms with Crippen LogP contribution in [0.2, 0.25) is 5.02 Å². The lowest BCUT2D eigenvalue weighted by Crippen LogP contribution is -2.37. The molecule has 25 heavy (non-hydrogen) atoms. The lowest BCUT2D eigenvalue weighted by atomic mass is 9.99. The van der Waals surface area contributed by atoms with Crippen LogP contribution in [0.15, 0.2) is 48.5 Å². The van der Waals surface area contributed by atoms with Gasteiger partial charge in [-0.2, -0.15) is 5.48 Å². The van der Waals surface area contributed by atoms with Gasteiger partial charge in [-0.05, 0) is 48.9 Å². The van der Waals surface area contributed by atoms with Gasteiger partial charge in [0.25, 0.3) is 0 Å². The van der Waals surface area contributed by atoms with Gasteiger partial charge in [0.1, 0.15) is 0 Å². The molecule has 128 valence electrons. The maximum absolute atomic E-state index is 12.0. The van der Waals surface area contributed by atoms with E-state index in [4.69, 9.17) is 16.4 Å². The smallest absolute Gasteiger partial charge is 0.356 e. The van der Waals surface area contributed by atoms with Crippen LogP contribution in [0.4, 0.5) is 0 Å². The Bertz CT molecular complexity index is 908. The minimum atomic E-state index is -0.389. The van der Waals surface area contributed by atoms with Gasteiger partial charge in [-0.25, -0.2) is 4.79 Å². The number of hydrogen-bond acceptors (Lipinski definition) is 4. The first-order valence-electron chi connectivity index (χ1n) is 8.25. The van der Waals surface area contributed by atoms with E-state index in [1.54, 1.807) is 24.3 Å². The lowest BCUT2D eigenvalue weighted by Gasteiger charge is -2.24. The van der Waals surface area contributed by atoms with Gasteiger partial charge in [0, 0.05) is 21.6 Å². The SMILES string of the molecule is O=C(ONCC1NCCc2c1[nH]c1ccc(Cl)cc21)c1ccccc1. The third kappa shape index (κ3) is 3.26. The molecule has 6 heteroatoms. The second kappa shape index (κ2) is 6.88. The molecule has 0 aliphatic carbocycles. The molecule has 0 bridgehead atoms. The van der Waals surface area contributed by atoms with Crippen molar-refractivity contribution in [1.29, 1.82) is 0 Å². The Morgan fingerprint density at radius 3 is 2.92 bits per heavy atom. The number of benzene rings is 2. The zero-order valence-electron chi connectivity index (χ0n) is 13.5. The molecule has 1 aromatic heterocycles. The summed E-state index contributed by atoms with van der Waals surface area (Å²) < 4.78 is 0. The maximum Gasteiger partial charge on any atom is 0.356 e. The first kappa shape index (κ1) is 16.1. The highest BCUT2D eigenvalue weighted by Crippen LogP contribution is 2.31. The molecule has 0 saturated heterocycles. The Hall–Kier alpha value is -2.34. The van der Waals surface area contributed by atoms with E-state index in [0.29, 0.717) is 12.1 Å². The number of carbonyl (C=O) groups is 1. The zero-order chi connectivity index (χ0) is 17.2. The van der Waals surface area contributed by atoms with E-state index in [-0.39, 0.29) is 12.0 Å². The largest absolute Gasteiger partial charge is 0.367 e. The first-order chi connectivity index (χ1) is 12.2. The highest BCUT2D eigenvalue weighted by Gasteiger charge is 2.24. The third-order valence-corrected chi connectivity index (χ3v) is 4.71. The molecular weight excluding hydrogens is 338 g/mol. The van der Waals surface area contributed by atoms with E-state index in [0.717, 1.165) is 34.6 Å². The number of H-pyrrole nitrogens is 1. The van der Waals surface area contributed by atoms with Gasteiger partial charge in [-0.3, -0.25) is 0 Å². The molecule has 2 heterocycles. The van der Waals surface area contributed by atoms with Crippen molar-refractivity contribution < 1.29 is 9.63 Å². The monoisotopic (exact) mass is 355 g/mol. The minimum absolute atomic E-state index is 0.0403. The number of hydrogen-bond donors (Lipinski definition) is 3. The summed E-state index contributed by atoms with van der Waals surface area (Å²) in [7, 11) is 0. The number of carbonyl (C=O) groups excluding carboxylic acids is 1. The van der Waals surface area contributed by atoms with Crippen LogP contribution in [0.3, 0.4) is 0 Å². The fourth-order valence-electron chi connectivity index (χ4n) is 3.28. The van der Waals surface area contributed by atoms with Crippen molar-refractivity contribution in [2.24, 2.45) is 0 Å². The van der Waals surface area contributed by atoms with E-state index in [1.165, 1.54) is 5.56 Å². The maximum atomic E-state index is 12.0. The van der Waals surface area contributed by atoms with Gasteiger partial charge >= 0.3 is 5.97 Å². The molecule has 4 rings (SSSR count). The number of fused-ring (bicyclic) bond motifs is 3. The van der Waals surface area contributed by atoms with Crippen LogP contribution in [0.5, 0.6) is 0 Å². The van der Waals surface area contributed by atoms with Gasteiger partial charge < -0.3 is 15.1 Å². The summed E-state index contributed by atoms with van der Waals surface area (Å²) in [5, 5.41) is 5.34. The minimum Gasteiger partial charge on any atom is -0.367 e. The molecule has 0 spiro atoms. The summed E-state index contributed by atoms with van der Waals surface area (Å²) in [5.74, 6) is -0.389. The predicted molar refractivity (Wildman–Crippen MR) is 97.6 cm³/mol. The van der Waals surface area contributed by atoms with Crippen molar-refractivity contribution in [3.63, 3.8) is 0 Å². The summed E-state index contributed by atoms with van der Waals surface area (Å²) in [5.41, 5.74) is 6.78. The van der Waals surface area contributed by atoms with E-state index in [9.17, 15) is 4.79 Å². The molecule has 1 atom stereocenters. The van der Waals surface area contributed by atoms with Crippen LogP contribution in [0.25, 0.3) is 10.9 Å². The fraction of sp³-hybridized carbons (Fsp3) is 0.211. The average Bonchev–Trinajstić information content (AvgIpc) is 3.01. The molecule has 0 amide bonds. The average molecular weight is 356 g/mol. The van der Waals surface area contributed by atoms with Crippen molar-refractivity contribution in [3.8, 4) is 0 Å². The summed E-state index contributed by atoms with van der Waals surface area (Å²) in [6, 6.07) is 14.8.